The number of fused-ring (bicyclic) bond motifs is 5. The maximum absolute atomic E-state index is 12.2. The van der Waals surface area contributed by atoms with Crippen molar-refractivity contribution in [2.75, 3.05) is 6.61 Å². The Kier molecular flexibility index (Phi) is 2.82. The third-order valence-electron chi connectivity index (χ3n) is 3.73. The van der Waals surface area contributed by atoms with Crippen LogP contribution in [0.15, 0.2) is 42.9 Å². The van der Waals surface area contributed by atoms with E-state index in [-0.39, 0.29) is 0 Å². The Morgan fingerprint density at radius 2 is 2.18 bits per heavy atom. The number of aromatic nitrogens is 4. The molecule has 2 aromatic heterocycles. The molecular weight excluding hydrogens is 280 g/mol. The Balaban J connectivity index is 1.98. The van der Waals surface area contributed by atoms with Gasteiger partial charge in [-0.1, -0.05) is 12.1 Å². The lowest BCUT2D eigenvalue weighted by Gasteiger charge is -2.11. The zero-order chi connectivity index (χ0) is 15.1. The van der Waals surface area contributed by atoms with Crippen LogP contribution in [0.2, 0.25) is 0 Å². The van der Waals surface area contributed by atoms with E-state index in [1.807, 2.05) is 39.6 Å². The molecule has 1 aliphatic heterocycles. The summed E-state index contributed by atoms with van der Waals surface area (Å²) in [5, 5.41) is 0. The van der Waals surface area contributed by atoms with Gasteiger partial charge in [0.25, 0.3) is 0 Å². The molecule has 0 fully saturated rings. The normalized spacial score (nSPS) is 12.0. The molecule has 0 bridgehead atoms. The Hall–Kier alpha value is -2.89. The monoisotopic (exact) mass is 294 g/mol. The molecule has 0 amide bonds. The van der Waals surface area contributed by atoms with Crippen molar-refractivity contribution in [1.82, 2.24) is 19.1 Å². The van der Waals surface area contributed by atoms with Crippen LogP contribution in [-0.2, 0) is 11.3 Å². The number of hydrogen-bond donors (Lipinski definition) is 0. The summed E-state index contributed by atoms with van der Waals surface area (Å²) in [6.07, 6.45) is 5.43. The Bertz CT molecular complexity index is 863. The molecule has 0 spiro atoms. The van der Waals surface area contributed by atoms with E-state index in [1.54, 1.807) is 19.3 Å². The number of benzene rings is 1. The van der Waals surface area contributed by atoms with Gasteiger partial charge in [-0.3, -0.25) is 4.57 Å². The van der Waals surface area contributed by atoms with Gasteiger partial charge in [-0.15, -0.1) is 0 Å². The average molecular weight is 294 g/mol. The van der Waals surface area contributed by atoms with Crippen molar-refractivity contribution in [2.24, 2.45) is 0 Å². The Labute approximate surface area is 127 Å². The molecule has 3 aromatic rings. The third kappa shape index (κ3) is 1.77. The van der Waals surface area contributed by atoms with E-state index in [2.05, 4.69) is 9.97 Å². The number of hydrogen-bond acceptors (Lipinski definition) is 4. The highest BCUT2D eigenvalue weighted by molar-refractivity contribution is 5.87. The molecule has 6 nitrogen and oxygen atoms in total. The van der Waals surface area contributed by atoms with Crippen LogP contribution in [0.1, 0.15) is 23.2 Å². The molecule has 6 heteroatoms. The van der Waals surface area contributed by atoms with Gasteiger partial charge >= 0.3 is 5.97 Å². The molecule has 22 heavy (non-hydrogen) atoms. The molecule has 0 atom stereocenters. The van der Waals surface area contributed by atoms with Crippen molar-refractivity contribution in [3.63, 3.8) is 0 Å². The summed E-state index contributed by atoms with van der Waals surface area (Å²) in [5.41, 5.74) is 2.78. The summed E-state index contributed by atoms with van der Waals surface area (Å²) in [6.45, 7) is 2.72. The number of nitrogens with zero attached hydrogens (tertiary/aromatic N) is 4. The van der Waals surface area contributed by atoms with Gasteiger partial charge in [-0.05, 0) is 19.1 Å². The Morgan fingerprint density at radius 1 is 1.32 bits per heavy atom. The van der Waals surface area contributed by atoms with Gasteiger partial charge in [0.15, 0.2) is 0 Å². The lowest BCUT2D eigenvalue weighted by atomic mass is 10.1. The molecular formula is C16H14N4O2. The molecule has 0 radical (unpaired) electrons. The molecule has 0 saturated heterocycles. The van der Waals surface area contributed by atoms with Crippen LogP contribution in [-0.4, -0.2) is 31.7 Å². The van der Waals surface area contributed by atoms with Gasteiger partial charge in [0.05, 0.1) is 30.7 Å². The lowest BCUT2D eigenvalue weighted by Crippen LogP contribution is -2.14. The molecule has 1 aliphatic rings. The molecule has 3 heterocycles. The fourth-order valence-electron chi connectivity index (χ4n) is 2.82. The first-order valence-electron chi connectivity index (χ1n) is 7.14. The lowest BCUT2D eigenvalue weighted by molar-refractivity contribution is 0.0509. The van der Waals surface area contributed by atoms with Gasteiger partial charge in [0, 0.05) is 18.0 Å². The van der Waals surface area contributed by atoms with Crippen LogP contribution in [0.4, 0.5) is 0 Å². The predicted molar refractivity (Wildman–Crippen MR) is 79.8 cm³/mol. The summed E-state index contributed by atoms with van der Waals surface area (Å²) >= 11 is 0. The summed E-state index contributed by atoms with van der Waals surface area (Å²) in [6, 6.07) is 7.87. The number of rotatable bonds is 2. The van der Waals surface area contributed by atoms with Crippen molar-refractivity contribution < 1.29 is 9.53 Å². The molecule has 0 unspecified atom stereocenters. The van der Waals surface area contributed by atoms with E-state index in [9.17, 15) is 4.79 Å². The van der Waals surface area contributed by atoms with E-state index in [0.717, 1.165) is 22.8 Å². The first kappa shape index (κ1) is 12.8. The topological polar surface area (TPSA) is 61.9 Å². The second-order valence-corrected chi connectivity index (χ2v) is 5.02. The van der Waals surface area contributed by atoms with Gasteiger partial charge in [0.2, 0.25) is 5.82 Å². The minimum atomic E-state index is -0.414. The highest BCUT2D eigenvalue weighted by atomic mass is 16.5. The number of carbonyl (C=O) groups is 1. The van der Waals surface area contributed by atoms with Crippen LogP contribution in [0.3, 0.4) is 0 Å². The minimum Gasteiger partial charge on any atom is -0.460 e. The van der Waals surface area contributed by atoms with E-state index < -0.39 is 5.97 Å². The van der Waals surface area contributed by atoms with Crippen LogP contribution in [0.5, 0.6) is 0 Å². The SMILES string of the molecule is CCOC(=O)c1ncc2n1-c1ccccc1-c1nccn1C2. The summed E-state index contributed by atoms with van der Waals surface area (Å²) in [5.74, 6) is 0.771. The van der Waals surface area contributed by atoms with E-state index in [0.29, 0.717) is 19.0 Å². The van der Waals surface area contributed by atoms with Crippen molar-refractivity contribution in [1.29, 1.82) is 0 Å². The molecule has 4 rings (SSSR count). The number of para-hydroxylation sites is 1. The molecule has 0 saturated carbocycles. The third-order valence-corrected chi connectivity index (χ3v) is 3.73. The van der Waals surface area contributed by atoms with Gasteiger partial charge < -0.3 is 9.30 Å². The average Bonchev–Trinajstić information content (AvgIpc) is 3.13. The smallest absolute Gasteiger partial charge is 0.374 e. The summed E-state index contributed by atoms with van der Waals surface area (Å²) in [7, 11) is 0. The molecule has 1 aromatic carbocycles. The predicted octanol–water partition coefficient (Wildman–Crippen LogP) is 2.27. The maximum atomic E-state index is 12.2. The maximum Gasteiger partial charge on any atom is 0.374 e. The van der Waals surface area contributed by atoms with Gasteiger partial charge in [-0.2, -0.15) is 0 Å². The second kappa shape index (κ2) is 4.84. The summed E-state index contributed by atoms with van der Waals surface area (Å²) in [4.78, 5) is 20.9. The highest BCUT2D eigenvalue weighted by Gasteiger charge is 2.25. The first-order valence-corrected chi connectivity index (χ1v) is 7.14. The molecule has 0 N–H and O–H groups in total. The van der Waals surface area contributed by atoms with Gasteiger partial charge in [0.1, 0.15) is 5.82 Å². The zero-order valence-corrected chi connectivity index (χ0v) is 12.1. The van der Waals surface area contributed by atoms with E-state index >= 15 is 0 Å². The van der Waals surface area contributed by atoms with E-state index in [1.165, 1.54) is 0 Å². The highest BCUT2D eigenvalue weighted by Crippen LogP contribution is 2.31. The van der Waals surface area contributed by atoms with Crippen molar-refractivity contribution in [3.8, 4) is 17.1 Å². The zero-order valence-electron chi connectivity index (χ0n) is 12.1. The molecule has 0 aliphatic carbocycles. The number of imidazole rings is 2. The fraction of sp³-hybridized carbons (Fsp3) is 0.188. The minimum absolute atomic E-state index is 0.301. The Morgan fingerprint density at radius 3 is 3.05 bits per heavy atom. The second-order valence-electron chi connectivity index (χ2n) is 5.02. The van der Waals surface area contributed by atoms with E-state index in [4.69, 9.17) is 4.74 Å². The van der Waals surface area contributed by atoms with Crippen LogP contribution >= 0.6 is 0 Å². The van der Waals surface area contributed by atoms with Gasteiger partial charge in [-0.25, -0.2) is 14.8 Å². The summed E-state index contributed by atoms with van der Waals surface area (Å²) < 4.78 is 9.04. The molecule has 110 valence electrons. The van der Waals surface area contributed by atoms with Crippen LogP contribution < -0.4 is 0 Å². The quantitative estimate of drug-likeness (QED) is 0.532. The van der Waals surface area contributed by atoms with Crippen LogP contribution in [0, 0.1) is 0 Å². The first-order chi connectivity index (χ1) is 10.8. The van der Waals surface area contributed by atoms with Crippen molar-refractivity contribution >= 4 is 5.97 Å². The number of esters is 1. The largest absolute Gasteiger partial charge is 0.460 e. The fourth-order valence-corrected chi connectivity index (χ4v) is 2.82. The van der Waals surface area contributed by atoms with Crippen molar-refractivity contribution in [3.05, 3.63) is 54.4 Å². The van der Waals surface area contributed by atoms with Crippen molar-refractivity contribution in [2.45, 2.75) is 13.5 Å². The standard InChI is InChI=1S/C16H14N4O2/c1-2-22-16(21)15-18-9-11-10-19-8-7-17-14(19)12-5-3-4-6-13(12)20(11)15/h3-9H,2,10H2,1H3. The number of carbonyl (C=O) groups excluding carboxylic acids is 1. The number of ether oxygens (including phenoxy) is 1. The van der Waals surface area contributed by atoms with Crippen LogP contribution in [0.25, 0.3) is 17.1 Å².